The molecule has 1 aliphatic rings. The molecule has 0 radical (unpaired) electrons. The normalized spacial score (nSPS) is 21.1. The number of carbonyl (C=O) groups is 2. The van der Waals surface area contributed by atoms with Crippen molar-refractivity contribution in [1.29, 1.82) is 0 Å². The van der Waals surface area contributed by atoms with E-state index in [1.165, 1.54) is 44.6 Å². The van der Waals surface area contributed by atoms with E-state index in [4.69, 9.17) is 23.7 Å². The van der Waals surface area contributed by atoms with E-state index in [0.717, 1.165) is 6.08 Å². The van der Waals surface area contributed by atoms with Gasteiger partial charge in [-0.3, -0.25) is 4.79 Å². The molecule has 4 rings (SSSR count). The summed E-state index contributed by atoms with van der Waals surface area (Å²) in [5, 5.41) is 70.8. The fourth-order valence-electron chi connectivity index (χ4n) is 5.32. The van der Waals surface area contributed by atoms with E-state index in [-0.39, 0.29) is 60.9 Å². The van der Waals surface area contributed by atoms with Gasteiger partial charge in [-0.15, -0.1) is 0 Å². The van der Waals surface area contributed by atoms with Crippen LogP contribution in [0, 0.1) is 0 Å². The minimum atomic E-state index is -1.74. The van der Waals surface area contributed by atoms with Gasteiger partial charge in [0.1, 0.15) is 36.8 Å². The molecule has 1 fully saturated rings. The van der Waals surface area contributed by atoms with Crippen molar-refractivity contribution in [3.63, 3.8) is 0 Å². The Balaban J connectivity index is 1.41. The van der Waals surface area contributed by atoms with E-state index in [1.807, 2.05) is 0 Å². The minimum absolute atomic E-state index is 0.0505. The fraction of sp³-hybridized carbons (Fsp3) is 0.389. The van der Waals surface area contributed by atoms with Gasteiger partial charge in [0.05, 0.1) is 20.3 Å². The van der Waals surface area contributed by atoms with Gasteiger partial charge in [-0.2, -0.15) is 0 Å². The first-order valence-electron chi connectivity index (χ1n) is 15.8. The lowest BCUT2D eigenvalue weighted by atomic mass is 9.97. The molecule has 0 saturated carbocycles. The number of aliphatic hydroxyl groups is 3. The van der Waals surface area contributed by atoms with E-state index in [0.29, 0.717) is 28.2 Å². The van der Waals surface area contributed by atoms with E-state index >= 15 is 0 Å². The maximum absolute atomic E-state index is 13.1. The summed E-state index contributed by atoms with van der Waals surface area (Å²) < 4.78 is 27.5. The van der Waals surface area contributed by atoms with Crippen LogP contribution >= 0.6 is 0 Å². The van der Waals surface area contributed by atoms with Crippen molar-refractivity contribution in [2.24, 2.45) is 0 Å². The molecule has 0 aliphatic carbocycles. The highest BCUT2D eigenvalue weighted by atomic mass is 16.7. The topological polar surface area (TPSA) is 222 Å². The van der Waals surface area contributed by atoms with Gasteiger partial charge in [-0.05, 0) is 78.4 Å². The summed E-state index contributed by atoms with van der Waals surface area (Å²) >= 11 is 0. The first-order chi connectivity index (χ1) is 23.9. The molecule has 0 bridgehead atoms. The van der Waals surface area contributed by atoms with Gasteiger partial charge in [0, 0.05) is 18.9 Å². The summed E-state index contributed by atoms with van der Waals surface area (Å²) in [6.07, 6.45) is -5.59. The molecule has 14 heteroatoms. The molecule has 3 aromatic carbocycles. The third kappa shape index (κ3) is 10.3. The summed E-state index contributed by atoms with van der Waals surface area (Å²) in [5.41, 5.74) is 1.85. The molecule has 50 heavy (non-hydrogen) atoms. The number of ketones is 1. The van der Waals surface area contributed by atoms with Crippen molar-refractivity contribution in [2.45, 2.75) is 68.9 Å². The second-order valence-corrected chi connectivity index (χ2v) is 11.8. The summed E-state index contributed by atoms with van der Waals surface area (Å²) in [5.74, 6) is -1.28. The van der Waals surface area contributed by atoms with Crippen molar-refractivity contribution < 1.29 is 69.0 Å². The molecular formula is C36H42O14. The Morgan fingerprint density at radius 1 is 0.780 bits per heavy atom. The SMILES string of the molecule is COc1ccc(/C=C/C(=O)OC[C@H]2O[C@@H](O[C@H](CCc3ccc(O)c(O)c3)CC(=O)CCc3ccc(O)c(O)c3)[C@H](O)[C@@H](O)[C@@H]2O)cc1OC. The number of Topliss-reactive ketones (excluding diaryl/α,β-unsaturated/α-hetero) is 1. The Morgan fingerprint density at radius 3 is 2.04 bits per heavy atom. The largest absolute Gasteiger partial charge is 0.504 e. The molecule has 270 valence electrons. The van der Waals surface area contributed by atoms with Crippen LogP contribution in [0.1, 0.15) is 36.0 Å². The molecule has 1 heterocycles. The van der Waals surface area contributed by atoms with Crippen LogP contribution in [-0.2, 0) is 36.6 Å². The number of ether oxygens (including phenoxy) is 5. The maximum atomic E-state index is 13.1. The van der Waals surface area contributed by atoms with Gasteiger partial charge in [0.25, 0.3) is 0 Å². The number of hydrogen-bond acceptors (Lipinski definition) is 14. The molecule has 1 saturated heterocycles. The van der Waals surface area contributed by atoms with Gasteiger partial charge >= 0.3 is 5.97 Å². The summed E-state index contributed by atoms with van der Waals surface area (Å²) in [4.78, 5) is 25.6. The Kier molecular flexibility index (Phi) is 13.4. The summed E-state index contributed by atoms with van der Waals surface area (Å²) in [6.45, 7) is -0.504. The first-order valence-corrected chi connectivity index (χ1v) is 15.8. The van der Waals surface area contributed by atoms with E-state index in [2.05, 4.69) is 0 Å². The van der Waals surface area contributed by atoms with Gasteiger partial charge < -0.3 is 59.4 Å². The zero-order chi connectivity index (χ0) is 36.4. The van der Waals surface area contributed by atoms with Crippen LogP contribution in [0.4, 0.5) is 0 Å². The van der Waals surface area contributed by atoms with E-state index in [1.54, 1.807) is 30.3 Å². The molecule has 6 atom stereocenters. The monoisotopic (exact) mass is 698 g/mol. The number of aromatic hydroxyl groups is 4. The maximum Gasteiger partial charge on any atom is 0.330 e. The molecular weight excluding hydrogens is 656 g/mol. The fourth-order valence-corrected chi connectivity index (χ4v) is 5.32. The highest BCUT2D eigenvalue weighted by Crippen LogP contribution is 2.30. The van der Waals surface area contributed by atoms with Gasteiger partial charge in [-0.25, -0.2) is 4.79 Å². The Bertz CT molecular complexity index is 1640. The zero-order valence-corrected chi connectivity index (χ0v) is 27.5. The average Bonchev–Trinajstić information content (AvgIpc) is 3.11. The molecule has 3 aromatic rings. The molecule has 0 spiro atoms. The standard InChI is InChI=1S/C36H42O14/c1-46-29-13-7-22(17-30(29)47-2)8-14-32(42)48-19-31-33(43)34(44)35(45)36(50-31)49-24(10-4-21-6-12-26(39)28(41)16-21)18-23(37)9-3-20-5-11-25(38)27(40)15-20/h5-8,11-17,24,31,33-36,38-41,43-45H,3-4,9-10,18-19H2,1-2H3/b14-8+/t24-,31-,33-,34+,35-,36-/m1/s1. The van der Waals surface area contributed by atoms with Crippen molar-refractivity contribution >= 4 is 17.8 Å². The Morgan fingerprint density at radius 2 is 1.42 bits per heavy atom. The number of aliphatic hydroxyl groups excluding tert-OH is 3. The van der Waals surface area contributed by atoms with Crippen molar-refractivity contribution in [3.8, 4) is 34.5 Å². The van der Waals surface area contributed by atoms with Crippen molar-refractivity contribution in [2.75, 3.05) is 20.8 Å². The van der Waals surface area contributed by atoms with Crippen LogP contribution in [0.15, 0.2) is 60.7 Å². The van der Waals surface area contributed by atoms with Gasteiger partial charge in [-0.1, -0.05) is 18.2 Å². The predicted molar refractivity (Wildman–Crippen MR) is 177 cm³/mol. The van der Waals surface area contributed by atoms with Crippen LogP contribution in [0.5, 0.6) is 34.5 Å². The molecule has 1 aliphatic heterocycles. The number of hydrogen-bond donors (Lipinski definition) is 7. The highest BCUT2D eigenvalue weighted by molar-refractivity contribution is 5.87. The lowest BCUT2D eigenvalue weighted by molar-refractivity contribution is -0.311. The molecule has 7 N–H and O–H groups in total. The molecule has 14 nitrogen and oxygen atoms in total. The minimum Gasteiger partial charge on any atom is -0.504 e. The van der Waals surface area contributed by atoms with Crippen LogP contribution in [0.3, 0.4) is 0 Å². The second-order valence-electron chi connectivity index (χ2n) is 11.8. The van der Waals surface area contributed by atoms with Crippen LogP contribution in [0.2, 0.25) is 0 Å². The number of phenols is 4. The first kappa shape index (κ1) is 38.0. The predicted octanol–water partition coefficient (Wildman–Crippen LogP) is 2.50. The lowest BCUT2D eigenvalue weighted by Crippen LogP contribution is -2.60. The number of benzene rings is 3. The van der Waals surface area contributed by atoms with Crippen LogP contribution in [0.25, 0.3) is 6.08 Å². The van der Waals surface area contributed by atoms with Crippen LogP contribution in [-0.4, -0.2) is 105 Å². The van der Waals surface area contributed by atoms with Gasteiger partial charge in [0.15, 0.2) is 40.8 Å². The number of carbonyl (C=O) groups excluding carboxylic acids is 2. The molecule has 0 aromatic heterocycles. The number of phenolic OH excluding ortho intramolecular Hbond substituents is 4. The van der Waals surface area contributed by atoms with E-state index in [9.17, 15) is 45.3 Å². The van der Waals surface area contributed by atoms with Crippen molar-refractivity contribution in [3.05, 3.63) is 77.4 Å². The summed E-state index contributed by atoms with van der Waals surface area (Å²) in [7, 11) is 2.97. The smallest absolute Gasteiger partial charge is 0.330 e. The van der Waals surface area contributed by atoms with Crippen molar-refractivity contribution in [1.82, 2.24) is 0 Å². The number of methoxy groups -OCH3 is 2. The Hall–Kier alpha value is -4.86. The number of rotatable bonds is 16. The Labute approximate surface area is 288 Å². The average molecular weight is 699 g/mol. The third-order valence-electron chi connectivity index (χ3n) is 8.19. The van der Waals surface area contributed by atoms with Gasteiger partial charge in [0.2, 0.25) is 0 Å². The quantitative estimate of drug-likeness (QED) is 0.0649. The lowest BCUT2D eigenvalue weighted by Gasteiger charge is -2.41. The summed E-state index contributed by atoms with van der Waals surface area (Å²) in [6, 6.07) is 13.5. The zero-order valence-electron chi connectivity index (χ0n) is 27.5. The molecule has 0 unspecified atom stereocenters. The number of esters is 1. The van der Waals surface area contributed by atoms with E-state index < -0.39 is 49.4 Å². The highest BCUT2D eigenvalue weighted by Gasteiger charge is 2.45. The number of aryl methyl sites for hydroxylation is 2. The molecule has 0 amide bonds. The third-order valence-corrected chi connectivity index (χ3v) is 8.19. The second kappa shape index (κ2) is 17.7. The van der Waals surface area contributed by atoms with Crippen LogP contribution < -0.4 is 9.47 Å².